The van der Waals surface area contributed by atoms with E-state index < -0.39 is 60.3 Å². The van der Waals surface area contributed by atoms with Gasteiger partial charge in [-0.25, -0.2) is 24.5 Å². The van der Waals surface area contributed by atoms with Gasteiger partial charge in [-0.1, -0.05) is 101 Å². The molecular weight excluding hydrogens is 1180 g/mol. The number of hydrogen-bond acceptors (Lipinski definition) is 18. The van der Waals surface area contributed by atoms with E-state index in [9.17, 15) is 38.4 Å². The maximum atomic E-state index is 14.4. The van der Waals surface area contributed by atoms with Crippen LogP contribution in [-0.2, 0) is 84.2 Å². The quantitative estimate of drug-likeness (QED) is 0.0107. The summed E-state index contributed by atoms with van der Waals surface area (Å²) < 4.78 is 29.5. The van der Waals surface area contributed by atoms with Crippen molar-refractivity contribution in [1.82, 2.24) is 40.4 Å². The fourth-order valence-electron chi connectivity index (χ4n) is 11.0. The fourth-order valence-corrected chi connectivity index (χ4v) is 11.9. The lowest BCUT2D eigenvalue weighted by atomic mass is 9.85. The van der Waals surface area contributed by atoms with Gasteiger partial charge >= 0.3 is 12.1 Å². The molecule has 5 amide bonds. The lowest BCUT2D eigenvalue weighted by Gasteiger charge is -2.35. The molecule has 0 fully saturated rings. The second kappa shape index (κ2) is 34.4. The Hall–Kier alpha value is -8.06. The summed E-state index contributed by atoms with van der Waals surface area (Å²) in [4.78, 5) is 121. The number of hydrogen-bond donors (Lipinski definition) is 5. The van der Waals surface area contributed by atoms with Crippen LogP contribution in [0.2, 0.25) is 0 Å². The molecule has 0 saturated heterocycles. The summed E-state index contributed by atoms with van der Waals surface area (Å²) in [5.41, 5.74) is 8.90. The highest BCUT2D eigenvalue weighted by Gasteiger charge is 2.51. The summed E-state index contributed by atoms with van der Waals surface area (Å²) in [6, 6.07) is 14.7. The molecule has 2 atom stereocenters. The number of pyridine rings is 2. The molecule has 2 aliphatic heterocycles. The lowest BCUT2D eigenvalue weighted by Crippen LogP contribution is -2.47. The summed E-state index contributed by atoms with van der Waals surface area (Å²) in [6.07, 6.45) is 14.8. The number of ether oxygens (including phenoxy) is 5. The average Bonchev–Trinajstić information content (AvgIpc) is 1.65. The third-order valence-corrected chi connectivity index (χ3v) is 17.0. The van der Waals surface area contributed by atoms with Crippen molar-refractivity contribution in [2.75, 3.05) is 57.9 Å². The van der Waals surface area contributed by atoms with E-state index in [-0.39, 0.29) is 86.1 Å². The van der Waals surface area contributed by atoms with Crippen LogP contribution < -0.4 is 32.6 Å². The third-order valence-electron chi connectivity index (χ3n) is 15.8. The largest absolute Gasteiger partial charge is 0.510 e. The van der Waals surface area contributed by atoms with Crippen LogP contribution in [0.1, 0.15) is 152 Å². The Labute approximate surface area is 536 Å². The average molecular weight is 1270 g/mol. The standard InChI is InChI=1S/C67H88N10O13S/c1-8-10-17-29-66(6,7)91-64-71-37-47(38-72-64)19-12-11-13-23-57(79)69-31-34-86-35-32-70-58(80)42-87-43-59(81)74-55(22-16-18-30-68)61(82)73-48-26-24-46(25-27-48)40-89-65(85)90-67(9-2)53-36-56-60-51(39-77(56)62(83)52(53)41-88-63(67)84)49(28-33-76(44(3)4)45(5)78)50-20-14-15-21-54(50)75-60/h12,14-15,19-21,24-27,36-38,44,55H,8-11,13,16-18,22-23,28-35,39-43,68H2,1-7H3,(H,69,79)(H,70,80)(H,73,82)(H,74,81)/b19-12-/t55-,67-/m0/s1. The summed E-state index contributed by atoms with van der Waals surface area (Å²) in [6.45, 7) is 14.3. The number of para-hydroxylation sites is 1. The predicted octanol–water partition coefficient (Wildman–Crippen LogP) is 8.18. The van der Waals surface area contributed by atoms with Gasteiger partial charge in [0.05, 0.1) is 42.2 Å². The highest BCUT2D eigenvalue weighted by molar-refractivity contribution is 8.00. The maximum Gasteiger partial charge on any atom is 0.510 e. The number of thioether (sulfide) groups is 1. The normalized spacial score (nSPS) is 14.5. The number of carbonyl (C=O) groups is 7. The molecule has 490 valence electrons. The minimum Gasteiger partial charge on any atom is -0.457 e. The molecule has 6 N–H and O–H groups in total. The van der Waals surface area contributed by atoms with Crippen molar-refractivity contribution in [3.8, 4) is 11.4 Å². The highest BCUT2D eigenvalue weighted by atomic mass is 32.2. The Morgan fingerprint density at radius 3 is 2.32 bits per heavy atom. The van der Waals surface area contributed by atoms with Gasteiger partial charge in [0.2, 0.25) is 35.1 Å². The van der Waals surface area contributed by atoms with E-state index in [0.717, 1.165) is 40.1 Å². The zero-order valence-electron chi connectivity index (χ0n) is 53.5. The molecule has 24 heteroatoms. The second-order valence-corrected chi connectivity index (χ2v) is 25.2. The summed E-state index contributed by atoms with van der Waals surface area (Å²) >= 11 is 1.70. The lowest BCUT2D eigenvalue weighted by molar-refractivity contribution is -0.175. The van der Waals surface area contributed by atoms with Gasteiger partial charge in [-0.3, -0.25) is 28.8 Å². The first-order chi connectivity index (χ1) is 43.8. The minimum absolute atomic E-state index is 0.0203. The summed E-state index contributed by atoms with van der Waals surface area (Å²) in [5, 5.41) is 12.6. The van der Waals surface area contributed by atoms with Gasteiger partial charge in [-0.05, 0) is 107 Å². The molecule has 0 bridgehead atoms. The molecule has 91 heavy (non-hydrogen) atoms. The first kappa shape index (κ1) is 70.4. The molecule has 0 saturated carbocycles. The topological polar surface area (TPSA) is 304 Å². The zero-order chi connectivity index (χ0) is 65.5. The number of nitrogens with zero attached hydrogens (tertiary/aromatic N) is 5. The van der Waals surface area contributed by atoms with Crippen molar-refractivity contribution in [3.05, 3.63) is 117 Å². The van der Waals surface area contributed by atoms with E-state index in [1.165, 1.54) is 19.3 Å². The number of allylic oxidation sites excluding steroid dienone is 1. The molecule has 0 radical (unpaired) electrons. The Morgan fingerprint density at radius 2 is 1.62 bits per heavy atom. The van der Waals surface area contributed by atoms with Crippen LogP contribution in [0.15, 0.2) is 83.0 Å². The Balaban J connectivity index is 0.810. The highest BCUT2D eigenvalue weighted by Crippen LogP contribution is 2.43. The molecule has 0 unspecified atom stereocenters. The number of nitrogens with one attached hydrogen (secondary N) is 4. The SMILES string of the molecule is CCCCCC(C)(C)Sc1ncc(/C=C\CCCC(=O)NCCOCCNC(=O)COCC(=O)N[C@@H](CCCCN)C(=O)Nc2ccc(COC(=O)O[C@]3(CC)C(=O)OCc4c3cc3n(c4=O)Cc4c-3nc3ccccc3c4CCN(C(C)=O)C(C)C)cc2)cn1. The number of aromatic nitrogens is 4. The molecule has 0 aliphatic carbocycles. The van der Waals surface area contributed by atoms with Crippen LogP contribution in [0.3, 0.4) is 0 Å². The van der Waals surface area contributed by atoms with Gasteiger partial charge in [0.15, 0.2) is 5.16 Å². The minimum atomic E-state index is -2.02. The zero-order valence-corrected chi connectivity index (χ0v) is 54.3. The van der Waals surface area contributed by atoms with Crippen LogP contribution in [0.5, 0.6) is 0 Å². The number of anilines is 1. The van der Waals surface area contributed by atoms with Crippen molar-refractivity contribution in [2.45, 2.75) is 173 Å². The molecule has 7 rings (SSSR count). The maximum absolute atomic E-state index is 14.4. The number of amides is 5. The Morgan fingerprint density at radius 1 is 0.890 bits per heavy atom. The van der Waals surface area contributed by atoms with Crippen molar-refractivity contribution >= 4 is 76.1 Å². The van der Waals surface area contributed by atoms with Gasteiger partial charge in [-0.15, -0.1) is 0 Å². The van der Waals surface area contributed by atoms with E-state index >= 15 is 0 Å². The number of esters is 1. The molecule has 2 aromatic carbocycles. The molecule has 0 spiro atoms. The molecule has 23 nitrogen and oxygen atoms in total. The van der Waals surface area contributed by atoms with Gasteiger partial charge in [0.25, 0.3) is 5.56 Å². The van der Waals surface area contributed by atoms with Crippen LogP contribution >= 0.6 is 11.8 Å². The Kier molecular flexibility index (Phi) is 26.6. The summed E-state index contributed by atoms with van der Waals surface area (Å²) in [5.74, 6) is -2.58. The van der Waals surface area contributed by atoms with Crippen LogP contribution in [0.4, 0.5) is 10.5 Å². The number of rotatable bonds is 36. The number of benzene rings is 2. The van der Waals surface area contributed by atoms with Crippen LogP contribution in [0, 0.1) is 0 Å². The van der Waals surface area contributed by atoms with E-state index in [4.69, 9.17) is 34.4 Å². The van der Waals surface area contributed by atoms with Crippen molar-refractivity contribution in [1.29, 1.82) is 0 Å². The van der Waals surface area contributed by atoms with Crippen molar-refractivity contribution < 1.29 is 57.2 Å². The molecule has 5 heterocycles. The fraction of sp³-hybridized carbons (Fsp3) is 0.507. The second-order valence-electron chi connectivity index (χ2n) is 23.5. The van der Waals surface area contributed by atoms with E-state index in [1.54, 1.807) is 65.4 Å². The van der Waals surface area contributed by atoms with Gasteiger partial charge in [-0.2, -0.15) is 0 Å². The number of cyclic esters (lactones) is 1. The monoisotopic (exact) mass is 1270 g/mol. The third kappa shape index (κ3) is 20.0. The molecule has 5 aromatic rings. The summed E-state index contributed by atoms with van der Waals surface area (Å²) in [7, 11) is 0. The van der Waals surface area contributed by atoms with Crippen LogP contribution in [0.25, 0.3) is 28.4 Å². The number of unbranched alkanes of at least 4 members (excludes halogenated alkanes) is 4. The van der Waals surface area contributed by atoms with Gasteiger partial charge < -0.3 is 60.2 Å². The number of nitrogens with two attached hydrogens (primary N) is 1. The number of fused-ring (bicyclic) bond motifs is 5. The Bertz CT molecular complexity index is 3430. The molecular formula is C67H88N10O13S. The van der Waals surface area contributed by atoms with Crippen LogP contribution in [-0.4, -0.2) is 136 Å². The smallest absolute Gasteiger partial charge is 0.457 e. The van der Waals surface area contributed by atoms with Crippen molar-refractivity contribution in [2.24, 2.45) is 5.73 Å². The number of carbonyl (C=O) groups excluding carboxylic acids is 7. The van der Waals surface area contributed by atoms with E-state index in [0.29, 0.717) is 79.9 Å². The van der Waals surface area contributed by atoms with E-state index in [1.807, 2.05) is 62.7 Å². The van der Waals surface area contributed by atoms with Gasteiger partial charge in [0, 0.05) is 83.9 Å². The van der Waals surface area contributed by atoms with Crippen molar-refractivity contribution in [3.63, 3.8) is 0 Å². The predicted molar refractivity (Wildman–Crippen MR) is 346 cm³/mol. The molecule has 2 aliphatic rings. The first-order valence-corrected chi connectivity index (χ1v) is 32.3. The molecule has 3 aromatic heterocycles. The first-order valence-electron chi connectivity index (χ1n) is 31.5. The van der Waals surface area contributed by atoms with Gasteiger partial charge in [0.1, 0.15) is 32.5 Å². The van der Waals surface area contributed by atoms with E-state index in [2.05, 4.69) is 52.0 Å².